The lowest BCUT2D eigenvalue weighted by molar-refractivity contribution is -0.146. The van der Waals surface area contributed by atoms with Gasteiger partial charge in [0.25, 0.3) is 0 Å². The van der Waals surface area contributed by atoms with E-state index >= 15 is 0 Å². The van der Waals surface area contributed by atoms with Gasteiger partial charge in [-0.05, 0) is 41.7 Å². The second-order valence-electron chi connectivity index (χ2n) is 8.84. The predicted octanol–water partition coefficient (Wildman–Crippen LogP) is 6.91. The van der Waals surface area contributed by atoms with Gasteiger partial charge in [-0.2, -0.15) is 0 Å². The number of allylic oxidation sites excluding steroid dienone is 1. The highest BCUT2D eigenvalue weighted by atomic mass is 35.6. The number of methoxy groups -OCH3 is 1. The number of hydrogen-bond donors (Lipinski definition) is 0. The lowest BCUT2D eigenvalue weighted by Crippen LogP contribution is -2.40. The van der Waals surface area contributed by atoms with Gasteiger partial charge in [0.15, 0.2) is 8.32 Å². The van der Waals surface area contributed by atoms with Crippen LogP contribution in [0.3, 0.4) is 0 Å². The van der Waals surface area contributed by atoms with E-state index in [1.807, 2.05) is 43.3 Å². The smallest absolute Gasteiger partial charge is 0.314 e. The van der Waals surface area contributed by atoms with Crippen molar-refractivity contribution in [3.8, 4) is 5.75 Å². The summed E-state index contributed by atoms with van der Waals surface area (Å²) in [5.41, 5.74) is 0.770. The van der Waals surface area contributed by atoms with E-state index in [0.717, 1.165) is 5.56 Å². The molecular formula is C22H33Cl3O4Si. The Morgan fingerprint density at radius 1 is 1.20 bits per heavy atom. The zero-order valence-corrected chi connectivity index (χ0v) is 22.1. The van der Waals surface area contributed by atoms with Crippen LogP contribution in [-0.4, -0.2) is 38.4 Å². The Kier molecular flexibility index (Phi) is 10.2. The topological polar surface area (TPSA) is 44.8 Å². The lowest BCUT2D eigenvalue weighted by atomic mass is 9.87. The minimum Gasteiger partial charge on any atom is -0.497 e. The van der Waals surface area contributed by atoms with Crippen LogP contribution in [0.15, 0.2) is 36.4 Å². The highest BCUT2D eigenvalue weighted by Crippen LogP contribution is 2.36. The molecule has 0 amide bonds. The quantitative estimate of drug-likeness (QED) is 0.162. The van der Waals surface area contributed by atoms with E-state index in [0.29, 0.717) is 12.4 Å². The summed E-state index contributed by atoms with van der Waals surface area (Å²) in [6.45, 7) is 13.1. The molecule has 0 unspecified atom stereocenters. The van der Waals surface area contributed by atoms with Crippen LogP contribution in [0.25, 0.3) is 0 Å². The van der Waals surface area contributed by atoms with Crippen LogP contribution in [0.5, 0.6) is 5.75 Å². The number of esters is 1. The second-order valence-corrected chi connectivity index (χ2v) is 16.2. The Balaban J connectivity index is 2.99. The number of hydrogen-bond acceptors (Lipinski definition) is 4. The summed E-state index contributed by atoms with van der Waals surface area (Å²) in [6, 6.07) is 7.33. The molecule has 0 aliphatic rings. The average molecular weight is 496 g/mol. The zero-order chi connectivity index (χ0) is 23.2. The molecule has 0 N–H and O–H groups in total. The molecule has 0 bridgehead atoms. The van der Waals surface area contributed by atoms with Gasteiger partial charge in [-0.25, -0.2) is 0 Å². The van der Waals surface area contributed by atoms with Crippen molar-refractivity contribution in [1.29, 1.82) is 0 Å². The van der Waals surface area contributed by atoms with Gasteiger partial charge in [-0.1, -0.05) is 86.8 Å². The Morgan fingerprint density at radius 2 is 1.83 bits per heavy atom. The maximum atomic E-state index is 12.9. The number of rotatable bonds is 9. The van der Waals surface area contributed by atoms with Crippen LogP contribution in [0.2, 0.25) is 18.1 Å². The molecule has 0 heterocycles. The summed E-state index contributed by atoms with van der Waals surface area (Å²) in [5, 5.41) is 0.135. The Hall–Kier alpha value is -0.723. The molecule has 0 aliphatic heterocycles. The van der Waals surface area contributed by atoms with Crippen LogP contribution < -0.4 is 4.74 Å². The first-order chi connectivity index (χ1) is 13.7. The number of carbonyl (C=O) groups is 1. The van der Waals surface area contributed by atoms with Gasteiger partial charge in [0, 0.05) is 0 Å². The molecule has 0 radical (unpaired) electrons. The first-order valence-electron chi connectivity index (χ1n) is 9.86. The van der Waals surface area contributed by atoms with Crippen LogP contribution in [0.1, 0.15) is 39.2 Å². The second kappa shape index (κ2) is 11.2. The summed E-state index contributed by atoms with van der Waals surface area (Å²) in [5.74, 6) is -0.541. The first kappa shape index (κ1) is 27.3. The van der Waals surface area contributed by atoms with Gasteiger partial charge in [-0.3, -0.25) is 4.79 Å². The predicted molar refractivity (Wildman–Crippen MR) is 128 cm³/mol. The van der Waals surface area contributed by atoms with Gasteiger partial charge >= 0.3 is 5.97 Å². The number of ether oxygens (including phenoxy) is 2. The molecule has 0 spiro atoms. The Morgan fingerprint density at radius 3 is 2.37 bits per heavy atom. The first-order valence-corrected chi connectivity index (χ1v) is 13.9. The summed E-state index contributed by atoms with van der Waals surface area (Å²) in [7, 11) is -0.259. The number of benzene rings is 1. The van der Waals surface area contributed by atoms with E-state index in [-0.39, 0.29) is 17.6 Å². The van der Waals surface area contributed by atoms with E-state index < -0.39 is 24.0 Å². The minimum absolute atomic E-state index is 0.135. The monoisotopic (exact) mass is 494 g/mol. The standard InChI is InChI=1S/C22H33Cl3O4Si/c1-16(10-9-13-29-30(6,7)21(2,3)4)19(20(26)28-15-22(23,24)25)17-11-8-12-18(14-17)27-5/h8-12,14,16,19H,13,15H2,1-7H3/b10-9+/t16-,19+/m0/s1. The van der Waals surface area contributed by atoms with Crippen molar-refractivity contribution >= 4 is 49.1 Å². The Labute approximate surface area is 196 Å². The average Bonchev–Trinajstić information content (AvgIpc) is 2.62. The molecule has 30 heavy (non-hydrogen) atoms. The van der Waals surface area contributed by atoms with Crippen molar-refractivity contribution in [1.82, 2.24) is 0 Å². The minimum atomic E-state index is -1.84. The number of carbonyl (C=O) groups excluding carboxylic acids is 1. The summed E-state index contributed by atoms with van der Waals surface area (Å²) in [4.78, 5) is 12.9. The number of halogens is 3. The molecule has 0 aliphatic carbocycles. The molecule has 1 aromatic rings. The largest absolute Gasteiger partial charge is 0.497 e. The van der Waals surface area contributed by atoms with Gasteiger partial charge in [-0.15, -0.1) is 0 Å². The van der Waals surface area contributed by atoms with E-state index in [1.54, 1.807) is 7.11 Å². The molecule has 4 nitrogen and oxygen atoms in total. The fraction of sp³-hybridized carbons (Fsp3) is 0.591. The van der Waals surface area contributed by atoms with Crippen LogP contribution in [0.4, 0.5) is 0 Å². The van der Waals surface area contributed by atoms with Crippen molar-refractivity contribution < 1.29 is 18.7 Å². The maximum Gasteiger partial charge on any atom is 0.314 e. The molecule has 1 rings (SSSR count). The SMILES string of the molecule is COc1cccc([C@H](C(=O)OCC(Cl)(Cl)Cl)[C@@H](C)/C=C/CO[Si](C)(C)C(C)(C)C)c1. The van der Waals surface area contributed by atoms with Crippen LogP contribution in [-0.2, 0) is 14.0 Å². The fourth-order valence-corrected chi connectivity index (χ4v) is 3.70. The van der Waals surface area contributed by atoms with Crippen LogP contribution in [0, 0.1) is 5.92 Å². The third kappa shape index (κ3) is 8.79. The third-order valence-electron chi connectivity index (χ3n) is 5.40. The summed E-state index contributed by atoms with van der Waals surface area (Å²) < 4.78 is 15.1. The molecule has 0 saturated heterocycles. The van der Waals surface area contributed by atoms with E-state index in [2.05, 4.69) is 33.9 Å². The van der Waals surface area contributed by atoms with Gasteiger partial charge in [0.05, 0.1) is 19.6 Å². The highest BCUT2D eigenvalue weighted by molar-refractivity contribution is 6.74. The third-order valence-corrected chi connectivity index (χ3v) is 10.2. The molecule has 2 atom stereocenters. The molecular weight excluding hydrogens is 463 g/mol. The molecule has 0 fully saturated rings. The van der Waals surface area contributed by atoms with Crippen molar-refractivity contribution in [2.24, 2.45) is 5.92 Å². The fourth-order valence-electron chi connectivity index (χ4n) is 2.59. The molecule has 8 heteroatoms. The lowest BCUT2D eigenvalue weighted by Gasteiger charge is -2.35. The molecule has 0 saturated carbocycles. The van der Waals surface area contributed by atoms with Crippen molar-refractivity contribution in [2.45, 2.75) is 55.5 Å². The maximum absolute atomic E-state index is 12.9. The Bertz CT molecular complexity index is 724. The van der Waals surface area contributed by atoms with E-state index in [9.17, 15) is 4.79 Å². The summed E-state index contributed by atoms with van der Waals surface area (Å²) in [6.07, 6.45) is 3.93. The zero-order valence-electron chi connectivity index (χ0n) is 18.8. The van der Waals surface area contributed by atoms with Crippen LogP contribution >= 0.6 is 34.8 Å². The molecule has 0 aromatic heterocycles. The molecule has 1 aromatic carbocycles. The summed E-state index contributed by atoms with van der Waals surface area (Å²) >= 11 is 17.2. The van der Waals surface area contributed by atoms with Gasteiger partial charge in [0.1, 0.15) is 12.4 Å². The van der Waals surface area contributed by atoms with Gasteiger partial charge < -0.3 is 13.9 Å². The van der Waals surface area contributed by atoms with Gasteiger partial charge in [0.2, 0.25) is 3.79 Å². The molecule has 170 valence electrons. The van der Waals surface area contributed by atoms with E-state index in [1.165, 1.54) is 0 Å². The van der Waals surface area contributed by atoms with Crippen molar-refractivity contribution in [2.75, 3.05) is 20.3 Å². The van der Waals surface area contributed by atoms with E-state index in [4.69, 9.17) is 48.7 Å². The van der Waals surface area contributed by atoms with Crippen molar-refractivity contribution in [3.05, 3.63) is 42.0 Å². The normalized spacial score (nSPS) is 15.1. The highest BCUT2D eigenvalue weighted by Gasteiger charge is 2.36. The van der Waals surface area contributed by atoms with Crippen molar-refractivity contribution in [3.63, 3.8) is 0 Å². The number of alkyl halides is 3.